The third kappa shape index (κ3) is 2.87. The van der Waals surface area contributed by atoms with Crippen LogP contribution < -0.4 is 0 Å². The van der Waals surface area contributed by atoms with E-state index in [0.29, 0.717) is 25.3 Å². The van der Waals surface area contributed by atoms with Crippen LogP contribution >= 0.6 is 0 Å². The number of hydrogen-bond donors (Lipinski definition) is 0. The van der Waals surface area contributed by atoms with Gasteiger partial charge in [-0.05, 0) is 47.0 Å². The number of likely N-dealkylation sites (tertiary alicyclic amines) is 2. The first-order valence-electron chi connectivity index (χ1n) is 8.79. The summed E-state index contributed by atoms with van der Waals surface area (Å²) in [5.41, 5.74) is -1.39. The van der Waals surface area contributed by atoms with Crippen LogP contribution in [0, 0.1) is 0 Å². The number of hydrogen-bond acceptors (Lipinski definition) is 6. The van der Waals surface area contributed by atoms with Gasteiger partial charge in [-0.15, -0.1) is 10.2 Å². The van der Waals surface area contributed by atoms with Gasteiger partial charge in [-0.2, -0.15) is 0 Å². The van der Waals surface area contributed by atoms with Gasteiger partial charge in [0.15, 0.2) is 0 Å². The van der Waals surface area contributed by atoms with Crippen molar-refractivity contribution >= 4 is 12.0 Å². The summed E-state index contributed by atoms with van der Waals surface area (Å²) < 4.78 is 10.8. The van der Waals surface area contributed by atoms with E-state index in [1.54, 1.807) is 9.80 Å². The molecule has 8 heteroatoms. The van der Waals surface area contributed by atoms with Gasteiger partial charge in [0.25, 0.3) is 5.91 Å². The summed E-state index contributed by atoms with van der Waals surface area (Å²) in [7, 11) is 0. The lowest BCUT2D eigenvalue weighted by atomic mass is 9.84. The second-order valence-electron chi connectivity index (χ2n) is 7.90. The van der Waals surface area contributed by atoms with E-state index >= 15 is 0 Å². The van der Waals surface area contributed by atoms with E-state index in [2.05, 4.69) is 10.2 Å². The molecule has 0 N–H and O–H groups in total. The van der Waals surface area contributed by atoms with Crippen LogP contribution in [0.15, 0.2) is 10.8 Å². The molecule has 2 aliphatic rings. The van der Waals surface area contributed by atoms with Crippen molar-refractivity contribution in [3.05, 3.63) is 12.3 Å². The molecule has 2 saturated heterocycles. The molecule has 3 rings (SSSR count). The van der Waals surface area contributed by atoms with Crippen LogP contribution in [0.4, 0.5) is 4.79 Å². The van der Waals surface area contributed by atoms with Crippen molar-refractivity contribution in [2.45, 2.75) is 77.1 Å². The molecule has 0 aromatic carbocycles. The molecule has 1 spiro atoms. The van der Waals surface area contributed by atoms with E-state index in [9.17, 15) is 9.59 Å². The van der Waals surface area contributed by atoms with E-state index in [1.807, 2.05) is 34.6 Å². The van der Waals surface area contributed by atoms with Crippen molar-refractivity contribution < 1.29 is 18.7 Å². The van der Waals surface area contributed by atoms with Gasteiger partial charge in [-0.1, -0.05) is 6.92 Å². The summed E-state index contributed by atoms with van der Waals surface area (Å²) in [6.07, 6.45) is 2.96. The summed E-state index contributed by atoms with van der Waals surface area (Å²) in [4.78, 5) is 29.1. The van der Waals surface area contributed by atoms with Crippen LogP contribution in [0.1, 0.15) is 65.8 Å². The largest absolute Gasteiger partial charge is 0.444 e. The zero-order valence-corrected chi connectivity index (χ0v) is 15.5. The highest BCUT2D eigenvalue weighted by Gasteiger charge is 2.63. The maximum Gasteiger partial charge on any atom is 0.411 e. The van der Waals surface area contributed by atoms with E-state index < -0.39 is 17.2 Å². The van der Waals surface area contributed by atoms with Crippen LogP contribution in [0.5, 0.6) is 0 Å². The zero-order valence-electron chi connectivity index (χ0n) is 15.5. The van der Waals surface area contributed by atoms with Crippen LogP contribution in [-0.4, -0.2) is 55.7 Å². The maximum atomic E-state index is 13.1. The number of rotatable bonds is 3. The third-order valence-corrected chi connectivity index (χ3v) is 4.98. The second-order valence-corrected chi connectivity index (χ2v) is 7.90. The predicted octanol–water partition coefficient (Wildman–Crippen LogP) is 2.52. The van der Waals surface area contributed by atoms with Gasteiger partial charge in [-0.25, -0.2) is 4.79 Å². The van der Waals surface area contributed by atoms with Crippen molar-refractivity contribution in [3.8, 4) is 0 Å². The summed E-state index contributed by atoms with van der Waals surface area (Å²) in [6, 6.07) is -0.276. The molecule has 0 bridgehead atoms. The Balaban J connectivity index is 1.80. The number of amides is 2. The molecule has 2 fully saturated rings. The third-order valence-electron chi connectivity index (χ3n) is 4.98. The number of carbonyl (C=O) groups is 2. The lowest BCUT2D eigenvalue weighted by Crippen LogP contribution is -2.74. The van der Waals surface area contributed by atoms with Gasteiger partial charge in [0.05, 0.1) is 6.54 Å². The van der Waals surface area contributed by atoms with E-state index in [-0.39, 0.29) is 18.0 Å². The number of aromatic nitrogens is 2. The highest BCUT2D eigenvalue weighted by atomic mass is 16.6. The maximum absolute atomic E-state index is 13.1. The molecule has 2 amide bonds. The van der Waals surface area contributed by atoms with Crippen molar-refractivity contribution in [1.29, 1.82) is 0 Å². The highest BCUT2D eigenvalue weighted by molar-refractivity contribution is 5.96. The molecule has 138 valence electrons. The van der Waals surface area contributed by atoms with Crippen molar-refractivity contribution in [1.82, 2.24) is 20.0 Å². The smallest absolute Gasteiger partial charge is 0.411 e. The Morgan fingerprint density at radius 1 is 1.52 bits per heavy atom. The molecular weight excluding hydrogens is 324 g/mol. The fourth-order valence-electron chi connectivity index (χ4n) is 3.85. The van der Waals surface area contributed by atoms with Gasteiger partial charge >= 0.3 is 6.09 Å². The highest BCUT2D eigenvalue weighted by Crippen LogP contribution is 2.46. The molecule has 2 unspecified atom stereocenters. The quantitative estimate of drug-likeness (QED) is 0.778. The SMILES string of the molecule is CC[C@@H](c1nnco1)N1CC2(CCC(C)N2C(=O)OC(C)(C)C)C1=O. The molecule has 1 aromatic heterocycles. The Bertz CT molecular complexity index is 654. The molecule has 0 saturated carbocycles. The van der Waals surface area contributed by atoms with E-state index in [1.165, 1.54) is 6.39 Å². The van der Waals surface area contributed by atoms with Crippen LogP contribution in [0.25, 0.3) is 0 Å². The van der Waals surface area contributed by atoms with Crippen molar-refractivity contribution in [2.75, 3.05) is 6.54 Å². The van der Waals surface area contributed by atoms with Gasteiger partial charge in [0.2, 0.25) is 12.3 Å². The molecule has 3 atom stereocenters. The zero-order chi connectivity index (χ0) is 18.4. The van der Waals surface area contributed by atoms with Crippen LogP contribution in [0.3, 0.4) is 0 Å². The van der Waals surface area contributed by atoms with Crippen LogP contribution in [0.2, 0.25) is 0 Å². The molecule has 2 aliphatic heterocycles. The molecular formula is C17H26N4O4. The summed E-state index contributed by atoms with van der Waals surface area (Å²) in [6.45, 7) is 9.89. The van der Waals surface area contributed by atoms with Gasteiger partial charge in [0, 0.05) is 6.04 Å². The fraction of sp³-hybridized carbons (Fsp3) is 0.765. The Morgan fingerprint density at radius 3 is 2.76 bits per heavy atom. The monoisotopic (exact) mass is 350 g/mol. The van der Waals surface area contributed by atoms with E-state index in [0.717, 1.165) is 6.42 Å². The topological polar surface area (TPSA) is 88.8 Å². The average molecular weight is 350 g/mol. The Labute approximate surface area is 147 Å². The molecule has 0 aliphatic carbocycles. The minimum absolute atomic E-state index is 0.0237. The van der Waals surface area contributed by atoms with Gasteiger partial charge < -0.3 is 14.1 Å². The minimum atomic E-state index is -0.796. The molecule has 3 heterocycles. The number of β-lactam (4-membered cyclic amide) rings is 1. The lowest BCUT2D eigenvalue weighted by molar-refractivity contribution is -0.167. The van der Waals surface area contributed by atoms with Crippen molar-refractivity contribution in [2.24, 2.45) is 0 Å². The fourth-order valence-corrected chi connectivity index (χ4v) is 3.85. The van der Waals surface area contributed by atoms with Gasteiger partial charge in [-0.3, -0.25) is 9.69 Å². The first-order chi connectivity index (χ1) is 11.7. The Morgan fingerprint density at radius 2 is 2.24 bits per heavy atom. The standard InChI is InChI=1S/C17H26N4O4/c1-6-12(13-19-18-10-24-13)20-9-17(14(20)22)8-7-11(2)21(17)15(23)25-16(3,4)5/h10-12H,6-9H2,1-5H3/t11?,12-,17?/m0/s1. The normalized spacial score (nSPS) is 27.6. The molecule has 0 radical (unpaired) electrons. The van der Waals surface area contributed by atoms with Crippen molar-refractivity contribution in [3.63, 3.8) is 0 Å². The van der Waals surface area contributed by atoms with E-state index in [4.69, 9.17) is 9.15 Å². The Kier molecular flexibility index (Phi) is 4.25. The number of ether oxygens (including phenoxy) is 1. The molecule has 1 aromatic rings. The Hall–Kier alpha value is -2.12. The average Bonchev–Trinajstić information content (AvgIpc) is 3.14. The molecule has 8 nitrogen and oxygen atoms in total. The first-order valence-corrected chi connectivity index (χ1v) is 8.79. The first kappa shape index (κ1) is 17.7. The number of nitrogens with zero attached hydrogens (tertiary/aromatic N) is 4. The van der Waals surface area contributed by atoms with Crippen LogP contribution in [-0.2, 0) is 9.53 Å². The summed E-state index contributed by atoms with van der Waals surface area (Å²) in [5.74, 6) is 0.369. The number of carbonyl (C=O) groups excluding carboxylic acids is 2. The second kappa shape index (κ2) is 6.00. The predicted molar refractivity (Wildman–Crippen MR) is 88.5 cm³/mol. The lowest BCUT2D eigenvalue weighted by Gasteiger charge is -2.53. The minimum Gasteiger partial charge on any atom is -0.444 e. The molecule has 25 heavy (non-hydrogen) atoms. The summed E-state index contributed by atoms with van der Waals surface area (Å²) in [5, 5.41) is 7.64. The van der Waals surface area contributed by atoms with Gasteiger partial charge in [0.1, 0.15) is 17.2 Å². The summed E-state index contributed by atoms with van der Waals surface area (Å²) >= 11 is 0.